The topological polar surface area (TPSA) is 69.9 Å². The van der Waals surface area contributed by atoms with Crippen LogP contribution in [-0.2, 0) is 27.4 Å². The highest BCUT2D eigenvalue weighted by Crippen LogP contribution is 2.06. The van der Waals surface area contributed by atoms with Crippen LogP contribution in [0.25, 0.3) is 0 Å². The normalized spacial score (nSPS) is 20.5. The van der Waals surface area contributed by atoms with Crippen molar-refractivity contribution in [3.05, 3.63) is 11.7 Å². The number of aromatic nitrogens is 2. The average molecular weight is 257 g/mol. The van der Waals surface area contributed by atoms with Crippen LogP contribution in [0.15, 0.2) is 4.52 Å². The van der Waals surface area contributed by atoms with Crippen LogP contribution >= 0.6 is 0 Å². The van der Waals surface area contributed by atoms with Crippen molar-refractivity contribution in [3.8, 4) is 0 Å². The molecule has 7 heteroatoms. The molecule has 0 amide bonds. The first-order chi connectivity index (χ1) is 8.78. The standard InChI is InChI=1S/C11H19N3O4/c1-14(5-9-7-16-3-4-17-9)6-10-12-11(8-15-2)18-13-10/h9H,3-8H2,1-2H3. The van der Waals surface area contributed by atoms with Crippen molar-refractivity contribution in [2.75, 3.05) is 40.5 Å². The minimum Gasteiger partial charge on any atom is -0.376 e. The monoisotopic (exact) mass is 257 g/mol. The van der Waals surface area contributed by atoms with Gasteiger partial charge in [0.2, 0.25) is 0 Å². The van der Waals surface area contributed by atoms with Crippen molar-refractivity contribution < 1.29 is 18.7 Å². The molecule has 7 nitrogen and oxygen atoms in total. The van der Waals surface area contributed by atoms with Crippen molar-refractivity contribution >= 4 is 0 Å². The largest absolute Gasteiger partial charge is 0.376 e. The molecule has 0 spiro atoms. The van der Waals surface area contributed by atoms with Gasteiger partial charge in [0.1, 0.15) is 6.61 Å². The van der Waals surface area contributed by atoms with E-state index in [1.54, 1.807) is 7.11 Å². The summed E-state index contributed by atoms with van der Waals surface area (Å²) in [6.45, 7) is 3.74. The molecule has 2 heterocycles. The van der Waals surface area contributed by atoms with Crippen LogP contribution in [0.3, 0.4) is 0 Å². The van der Waals surface area contributed by atoms with Gasteiger partial charge in [0.05, 0.1) is 32.5 Å². The summed E-state index contributed by atoms with van der Waals surface area (Å²) in [5, 5.41) is 3.89. The zero-order valence-corrected chi connectivity index (χ0v) is 10.8. The lowest BCUT2D eigenvalue weighted by Crippen LogP contribution is -2.38. The van der Waals surface area contributed by atoms with E-state index in [2.05, 4.69) is 15.0 Å². The SMILES string of the molecule is COCc1nc(CN(C)CC2COCCO2)no1. The molecule has 1 aromatic rings. The Kier molecular flexibility index (Phi) is 5.06. The maximum atomic E-state index is 5.58. The number of rotatable bonds is 6. The maximum Gasteiger partial charge on any atom is 0.252 e. The van der Waals surface area contributed by atoms with E-state index in [0.717, 1.165) is 6.54 Å². The molecule has 0 aliphatic carbocycles. The smallest absolute Gasteiger partial charge is 0.252 e. The van der Waals surface area contributed by atoms with E-state index >= 15 is 0 Å². The van der Waals surface area contributed by atoms with Gasteiger partial charge >= 0.3 is 0 Å². The summed E-state index contributed by atoms with van der Waals surface area (Å²) in [5.74, 6) is 1.15. The molecule has 1 saturated heterocycles. The number of nitrogens with zero attached hydrogens (tertiary/aromatic N) is 3. The molecular formula is C11H19N3O4. The van der Waals surface area contributed by atoms with Gasteiger partial charge in [0, 0.05) is 13.7 Å². The Bertz CT molecular complexity index is 352. The van der Waals surface area contributed by atoms with Crippen LogP contribution in [0, 0.1) is 0 Å². The van der Waals surface area contributed by atoms with Crippen LogP contribution in [-0.4, -0.2) is 61.7 Å². The predicted octanol–water partition coefficient (Wildman–Crippen LogP) is 0.0632. The van der Waals surface area contributed by atoms with Crippen LogP contribution in [0.1, 0.15) is 11.7 Å². The van der Waals surface area contributed by atoms with E-state index in [9.17, 15) is 0 Å². The summed E-state index contributed by atoms with van der Waals surface area (Å²) < 4.78 is 20.9. The first-order valence-corrected chi connectivity index (χ1v) is 5.96. The summed E-state index contributed by atoms with van der Waals surface area (Å²) in [5.41, 5.74) is 0. The molecule has 0 radical (unpaired) electrons. The van der Waals surface area contributed by atoms with E-state index in [1.807, 2.05) is 7.05 Å². The van der Waals surface area contributed by atoms with Gasteiger partial charge in [0.25, 0.3) is 5.89 Å². The van der Waals surface area contributed by atoms with E-state index in [-0.39, 0.29) is 6.10 Å². The van der Waals surface area contributed by atoms with Gasteiger partial charge in [0.15, 0.2) is 5.82 Å². The third kappa shape index (κ3) is 4.02. The quantitative estimate of drug-likeness (QED) is 0.713. The van der Waals surface area contributed by atoms with Crippen molar-refractivity contribution in [1.29, 1.82) is 0 Å². The Morgan fingerprint density at radius 3 is 3.06 bits per heavy atom. The van der Waals surface area contributed by atoms with Crippen molar-refractivity contribution in [1.82, 2.24) is 15.0 Å². The van der Waals surface area contributed by atoms with Crippen LogP contribution in [0.5, 0.6) is 0 Å². The summed E-state index contributed by atoms with van der Waals surface area (Å²) in [6, 6.07) is 0. The van der Waals surface area contributed by atoms with Gasteiger partial charge in [-0.2, -0.15) is 4.98 Å². The molecule has 0 saturated carbocycles. The second-order valence-corrected chi connectivity index (χ2v) is 4.30. The fourth-order valence-corrected chi connectivity index (χ4v) is 1.83. The fraction of sp³-hybridized carbons (Fsp3) is 0.818. The minimum absolute atomic E-state index is 0.120. The summed E-state index contributed by atoms with van der Waals surface area (Å²) in [6.07, 6.45) is 0.120. The predicted molar refractivity (Wildman–Crippen MR) is 61.9 cm³/mol. The molecule has 1 fully saturated rings. The zero-order chi connectivity index (χ0) is 12.8. The Hall–Kier alpha value is -1.02. The molecule has 1 unspecified atom stereocenters. The number of likely N-dealkylation sites (N-methyl/N-ethyl adjacent to an activating group) is 1. The lowest BCUT2D eigenvalue weighted by molar-refractivity contribution is -0.0964. The van der Waals surface area contributed by atoms with Crippen LogP contribution in [0.2, 0.25) is 0 Å². The summed E-state index contributed by atoms with van der Waals surface area (Å²) >= 11 is 0. The summed E-state index contributed by atoms with van der Waals surface area (Å²) in [4.78, 5) is 6.30. The zero-order valence-electron chi connectivity index (χ0n) is 10.8. The first-order valence-electron chi connectivity index (χ1n) is 5.96. The molecular weight excluding hydrogens is 238 g/mol. The van der Waals surface area contributed by atoms with E-state index < -0.39 is 0 Å². The van der Waals surface area contributed by atoms with E-state index in [1.165, 1.54) is 0 Å². The Balaban J connectivity index is 1.76. The third-order valence-corrected chi connectivity index (χ3v) is 2.59. The molecule has 18 heavy (non-hydrogen) atoms. The van der Waals surface area contributed by atoms with Crippen molar-refractivity contribution in [2.24, 2.45) is 0 Å². The van der Waals surface area contributed by atoms with Gasteiger partial charge in [-0.25, -0.2) is 0 Å². The van der Waals surface area contributed by atoms with Crippen LogP contribution < -0.4 is 0 Å². The highest BCUT2D eigenvalue weighted by molar-refractivity contribution is 4.85. The lowest BCUT2D eigenvalue weighted by Gasteiger charge is -2.26. The van der Waals surface area contributed by atoms with Gasteiger partial charge in [-0.3, -0.25) is 4.90 Å². The number of methoxy groups -OCH3 is 1. The first kappa shape index (κ1) is 13.4. The lowest BCUT2D eigenvalue weighted by atomic mass is 10.3. The molecule has 102 valence electrons. The van der Waals surface area contributed by atoms with Crippen molar-refractivity contribution in [3.63, 3.8) is 0 Å². The number of hydrogen-bond donors (Lipinski definition) is 0. The summed E-state index contributed by atoms with van der Waals surface area (Å²) in [7, 11) is 3.58. The second-order valence-electron chi connectivity index (χ2n) is 4.30. The number of ether oxygens (including phenoxy) is 3. The molecule has 0 N–H and O–H groups in total. The molecule has 1 aromatic heterocycles. The molecule has 0 bridgehead atoms. The Labute approximate surface area is 106 Å². The average Bonchev–Trinajstić information content (AvgIpc) is 2.78. The number of hydrogen-bond acceptors (Lipinski definition) is 7. The van der Waals surface area contributed by atoms with Crippen LogP contribution in [0.4, 0.5) is 0 Å². The molecule has 1 aliphatic heterocycles. The van der Waals surface area contributed by atoms with E-state index in [0.29, 0.717) is 44.7 Å². The highest BCUT2D eigenvalue weighted by Gasteiger charge is 2.17. The highest BCUT2D eigenvalue weighted by atomic mass is 16.6. The Morgan fingerprint density at radius 2 is 2.33 bits per heavy atom. The molecule has 0 aromatic carbocycles. The van der Waals surface area contributed by atoms with E-state index in [4.69, 9.17) is 18.7 Å². The van der Waals surface area contributed by atoms with Crippen molar-refractivity contribution in [2.45, 2.75) is 19.3 Å². The maximum absolute atomic E-state index is 5.58. The van der Waals surface area contributed by atoms with Gasteiger partial charge in [-0.15, -0.1) is 0 Å². The molecule has 1 atom stereocenters. The minimum atomic E-state index is 0.120. The molecule has 2 rings (SSSR count). The third-order valence-electron chi connectivity index (χ3n) is 2.59. The second kappa shape index (κ2) is 6.79. The fourth-order valence-electron chi connectivity index (χ4n) is 1.83. The van der Waals surface area contributed by atoms with Gasteiger partial charge < -0.3 is 18.7 Å². The molecule has 1 aliphatic rings. The Morgan fingerprint density at radius 1 is 1.44 bits per heavy atom. The van der Waals surface area contributed by atoms with Gasteiger partial charge in [-0.05, 0) is 7.05 Å². The van der Waals surface area contributed by atoms with Gasteiger partial charge in [-0.1, -0.05) is 5.16 Å².